The van der Waals surface area contributed by atoms with Crippen LogP contribution in [0.1, 0.15) is 46.0 Å². The van der Waals surface area contributed by atoms with E-state index >= 15 is 0 Å². The fourth-order valence-electron chi connectivity index (χ4n) is 1.45. The fourth-order valence-corrected chi connectivity index (χ4v) is 1.72. The van der Waals surface area contributed by atoms with Crippen molar-refractivity contribution >= 4 is 25.3 Å². The van der Waals surface area contributed by atoms with Crippen molar-refractivity contribution in [1.29, 1.82) is 0 Å². The zero-order chi connectivity index (χ0) is 14.6. The molecule has 19 heavy (non-hydrogen) atoms. The van der Waals surface area contributed by atoms with Crippen molar-refractivity contribution in [3.8, 4) is 0 Å². The Morgan fingerprint density at radius 1 is 1.05 bits per heavy atom. The fraction of sp³-hybridized carbons (Fsp3) is 1.00. The van der Waals surface area contributed by atoms with Gasteiger partial charge in [-0.1, -0.05) is 6.92 Å². The summed E-state index contributed by atoms with van der Waals surface area (Å²) in [6.45, 7) is 7.22. The van der Waals surface area contributed by atoms with E-state index in [-0.39, 0.29) is 4.93 Å². The van der Waals surface area contributed by atoms with Crippen LogP contribution in [-0.2, 0) is 14.2 Å². The van der Waals surface area contributed by atoms with Gasteiger partial charge in [0.05, 0.1) is 6.61 Å². The monoisotopic (exact) mass is 310 g/mol. The molecule has 0 heterocycles. The maximum absolute atomic E-state index is 5.56. The molecule has 0 aliphatic heterocycles. The van der Waals surface area contributed by atoms with Gasteiger partial charge in [-0.3, -0.25) is 0 Å². The summed E-state index contributed by atoms with van der Waals surface area (Å²) in [5.74, 6) is 0. The molecular weight excluding hydrogens is 280 g/mol. The minimum absolute atomic E-state index is 0.333. The molecule has 2 unspecified atom stereocenters. The van der Waals surface area contributed by atoms with Gasteiger partial charge >= 0.3 is 0 Å². The van der Waals surface area contributed by atoms with Gasteiger partial charge in [0, 0.05) is 32.2 Å². The second-order valence-corrected chi connectivity index (χ2v) is 6.62. The number of hydrogen-bond donors (Lipinski definition) is 2. The summed E-state index contributed by atoms with van der Waals surface area (Å²) >= 11 is 8.77. The predicted molar refractivity (Wildman–Crippen MR) is 87.6 cm³/mol. The maximum atomic E-state index is 5.56. The molecule has 0 aromatic rings. The predicted octanol–water partition coefficient (Wildman–Crippen LogP) is 3.58. The topological polar surface area (TPSA) is 27.7 Å². The number of ether oxygens (including phenoxy) is 3. The highest BCUT2D eigenvalue weighted by Crippen LogP contribution is 2.20. The third-order valence-corrected chi connectivity index (χ3v) is 3.90. The molecule has 0 fully saturated rings. The second kappa shape index (κ2) is 12.3. The zero-order valence-corrected chi connectivity index (χ0v) is 14.3. The normalized spacial score (nSPS) is 16.3. The van der Waals surface area contributed by atoms with Gasteiger partial charge in [0.25, 0.3) is 0 Å². The highest BCUT2D eigenvalue weighted by molar-refractivity contribution is 7.81. The summed E-state index contributed by atoms with van der Waals surface area (Å²) in [5, 5.41) is 0.368. The van der Waals surface area contributed by atoms with E-state index < -0.39 is 0 Å². The van der Waals surface area contributed by atoms with Crippen molar-refractivity contribution in [3.63, 3.8) is 0 Å². The molecule has 2 atom stereocenters. The first kappa shape index (κ1) is 19.6. The van der Waals surface area contributed by atoms with Gasteiger partial charge < -0.3 is 14.2 Å². The van der Waals surface area contributed by atoms with Gasteiger partial charge in [0.1, 0.15) is 4.93 Å². The lowest BCUT2D eigenvalue weighted by Crippen LogP contribution is -2.19. The first-order chi connectivity index (χ1) is 9.02. The molecule has 3 nitrogen and oxygen atoms in total. The van der Waals surface area contributed by atoms with E-state index in [1.165, 1.54) is 0 Å². The minimum Gasteiger partial charge on any atom is -0.381 e. The molecule has 0 aliphatic carbocycles. The number of methoxy groups -OCH3 is 1. The van der Waals surface area contributed by atoms with Crippen LogP contribution >= 0.6 is 25.3 Å². The van der Waals surface area contributed by atoms with Crippen LogP contribution in [0.25, 0.3) is 0 Å². The average Bonchev–Trinajstić information content (AvgIpc) is 2.40. The van der Waals surface area contributed by atoms with Gasteiger partial charge in [-0.2, -0.15) is 12.6 Å². The van der Waals surface area contributed by atoms with Crippen LogP contribution in [-0.4, -0.2) is 43.7 Å². The highest BCUT2D eigenvalue weighted by atomic mass is 32.1. The summed E-state index contributed by atoms with van der Waals surface area (Å²) in [6.07, 6.45) is 5.02. The number of hydrogen-bond acceptors (Lipinski definition) is 5. The molecule has 5 heteroatoms. The van der Waals surface area contributed by atoms with Gasteiger partial charge in [-0.05, 0) is 39.0 Å². The Kier molecular flexibility index (Phi) is 12.7. The molecule has 0 aliphatic rings. The molecule has 0 amide bonds. The van der Waals surface area contributed by atoms with E-state index in [2.05, 4.69) is 32.2 Å². The van der Waals surface area contributed by atoms with Crippen molar-refractivity contribution in [3.05, 3.63) is 0 Å². The van der Waals surface area contributed by atoms with E-state index in [1.54, 1.807) is 7.11 Å². The van der Waals surface area contributed by atoms with E-state index in [1.807, 2.05) is 6.92 Å². The number of rotatable bonds is 13. The van der Waals surface area contributed by atoms with E-state index in [4.69, 9.17) is 14.2 Å². The molecule has 0 saturated heterocycles. The summed E-state index contributed by atoms with van der Waals surface area (Å²) < 4.78 is 16.3. The SMILES string of the molecule is CCC(S)COCCCCOCCCC(C)(S)OC. The molecule has 0 radical (unpaired) electrons. The Morgan fingerprint density at radius 3 is 2.21 bits per heavy atom. The van der Waals surface area contributed by atoms with Crippen LogP contribution in [0, 0.1) is 0 Å². The first-order valence-corrected chi connectivity index (χ1v) is 8.09. The van der Waals surface area contributed by atoms with Crippen LogP contribution in [0.15, 0.2) is 0 Å². The van der Waals surface area contributed by atoms with Crippen molar-refractivity contribution < 1.29 is 14.2 Å². The largest absolute Gasteiger partial charge is 0.381 e. The molecule has 116 valence electrons. The standard InChI is InChI=1S/C14H30O3S2/c1-4-13(18)12-17-10-6-5-9-16-11-7-8-14(2,19)15-3/h13,18-19H,4-12H2,1-3H3. The smallest absolute Gasteiger partial charge is 0.107 e. The van der Waals surface area contributed by atoms with Crippen LogP contribution in [0.2, 0.25) is 0 Å². The van der Waals surface area contributed by atoms with Gasteiger partial charge in [0.15, 0.2) is 0 Å². The van der Waals surface area contributed by atoms with E-state index in [9.17, 15) is 0 Å². The van der Waals surface area contributed by atoms with Gasteiger partial charge in [-0.25, -0.2) is 0 Å². The Hall–Kier alpha value is 0.580. The van der Waals surface area contributed by atoms with E-state index in [0.29, 0.717) is 5.25 Å². The van der Waals surface area contributed by atoms with Crippen molar-refractivity contribution in [1.82, 2.24) is 0 Å². The molecule has 0 N–H and O–H groups in total. The lowest BCUT2D eigenvalue weighted by atomic mass is 10.2. The van der Waals surface area contributed by atoms with Crippen LogP contribution < -0.4 is 0 Å². The maximum Gasteiger partial charge on any atom is 0.107 e. The van der Waals surface area contributed by atoms with Crippen molar-refractivity contribution in [2.24, 2.45) is 0 Å². The second-order valence-electron chi connectivity index (χ2n) is 4.94. The lowest BCUT2D eigenvalue weighted by Gasteiger charge is -2.21. The Morgan fingerprint density at radius 2 is 1.63 bits per heavy atom. The Balaban J connectivity index is 3.15. The lowest BCUT2D eigenvalue weighted by molar-refractivity contribution is 0.0613. The van der Waals surface area contributed by atoms with Gasteiger partial charge in [-0.15, -0.1) is 12.6 Å². The summed E-state index contributed by atoms with van der Waals surface area (Å²) in [5.41, 5.74) is 0. The van der Waals surface area contributed by atoms with Crippen LogP contribution in [0.3, 0.4) is 0 Å². The van der Waals surface area contributed by atoms with Crippen molar-refractivity contribution in [2.75, 3.05) is 33.5 Å². The quantitative estimate of drug-likeness (QED) is 0.309. The number of thiol groups is 2. The molecular formula is C14H30O3S2. The van der Waals surface area contributed by atoms with Crippen molar-refractivity contribution in [2.45, 2.75) is 56.1 Å². The van der Waals surface area contributed by atoms with Crippen LogP contribution in [0.5, 0.6) is 0 Å². The minimum atomic E-state index is -0.333. The third kappa shape index (κ3) is 13.3. The molecule has 0 bridgehead atoms. The highest BCUT2D eigenvalue weighted by Gasteiger charge is 2.16. The summed E-state index contributed by atoms with van der Waals surface area (Å²) in [7, 11) is 1.68. The summed E-state index contributed by atoms with van der Waals surface area (Å²) in [4.78, 5) is -0.333. The Labute approximate surface area is 129 Å². The molecule has 0 rings (SSSR count). The third-order valence-electron chi connectivity index (χ3n) is 2.98. The molecule has 0 saturated carbocycles. The zero-order valence-electron chi connectivity index (χ0n) is 12.6. The molecule has 0 aromatic heterocycles. The molecule has 0 spiro atoms. The molecule has 0 aromatic carbocycles. The van der Waals surface area contributed by atoms with E-state index in [0.717, 1.165) is 58.5 Å². The number of unbranched alkanes of at least 4 members (excludes halogenated alkanes) is 1. The van der Waals surface area contributed by atoms with Crippen LogP contribution in [0.4, 0.5) is 0 Å². The van der Waals surface area contributed by atoms with Gasteiger partial charge in [0.2, 0.25) is 0 Å². The summed E-state index contributed by atoms with van der Waals surface area (Å²) in [6, 6.07) is 0. The Bertz CT molecular complexity index is 201. The average molecular weight is 311 g/mol. The first-order valence-electron chi connectivity index (χ1n) is 7.13.